The zero-order valence-corrected chi connectivity index (χ0v) is 13.1. The number of nitrogens with zero attached hydrogens (tertiary/aromatic N) is 2. The van der Waals surface area contributed by atoms with Gasteiger partial charge in [0.1, 0.15) is 0 Å². The van der Waals surface area contributed by atoms with Gasteiger partial charge in [-0.15, -0.1) is 0 Å². The van der Waals surface area contributed by atoms with Crippen molar-refractivity contribution in [1.29, 1.82) is 0 Å². The summed E-state index contributed by atoms with van der Waals surface area (Å²) < 4.78 is 39.0. The van der Waals surface area contributed by atoms with Gasteiger partial charge in [0.15, 0.2) is 0 Å². The van der Waals surface area contributed by atoms with E-state index in [1.807, 2.05) is 31.2 Å². The van der Waals surface area contributed by atoms with E-state index < -0.39 is 11.7 Å². The van der Waals surface area contributed by atoms with Gasteiger partial charge in [-0.1, -0.05) is 30.3 Å². The van der Waals surface area contributed by atoms with Crippen LogP contribution < -0.4 is 0 Å². The standard InChI is InChI=1S/C18H17F3N2/c1-12-8-4-6-10-16(12)22-13(2)14(3)23-17-11-7-5-9-15(17)18(19,20)21/h4-11H,1-3H3/b22-13+,23-14+. The lowest BCUT2D eigenvalue weighted by Gasteiger charge is -2.10. The van der Waals surface area contributed by atoms with Crippen LogP contribution in [0.2, 0.25) is 0 Å². The Bertz CT molecular complexity index is 759. The van der Waals surface area contributed by atoms with Crippen LogP contribution in [0.15, 0.2) is 58.5 Å². The molecule has 0 saturated heterocycles. The summed E-state index contributed by atoms with van der Waals surface area (Å²) in [6.07, 6.45) is -4.43. The first-order valence-corrected chi connectivity index (χ1v) is 7.12. The van der Waals surface area contributed by atoms with Gasteiger partial charge in [-0.2, -0.15) is 13.2 Å². The minimum atomic E-state index is -4.43. The van der Waals surface area contributed by atoms with E-state index in [2.05, 4.69) is 9.98 Å². The Hall–Kier alpha value is -2.43. The van der Waals surface area contributed by atoms with E-state index in [1.165, 1.54) is 18.2 Å². The molecule has 2 nitrogen and oxygen atoms in total. The van der Waals surface area contributed by atoms with E-state index in [9.17, 15) is 13.2 Å². The van der Waals surface area contributed by atoms with E-state index in [0.717, 1.165) is 17.3 Å². The van der Waals surface area contributed by atoms with Gasteiger partial charge in [0, 0.05) is 0 Å². The van der Waals surface area contributed by atoms with Crippen LogP contribution in [0.4, 0.5) is 24.5 Å². The predicted octanol–water partition coefficient (Wildman–Crippen LogP) is 5.90. The molecule has 5 heteroatoms. The fraction of sp³-hybridized carbons (Fsp3) is 0.222. The van der Waals surface area contributed by atoms with Crippen molar-refractivity contribution in [2.24, 2.45) is 9.98 Å². The SMILES string of the molecule is CC(=N\c1ccccc1C)/C(C)=N/c1ccccc1C(F)(F)F. The Morgan fingerprint density at radius 1 is 0.783 bits per heavy atom. The second-order valence-corrected chi connectivity index (χ2v) is 5.20. The number of halogens is 3. The predicted molar refractivity (Wildman–Crippen MR) is 88.2 cm³/mol. The van der Waals surface area contributed by atoms with E-state index in [-0.39, 0.29) is 5.69 Å². The molecule has 0 heterocycles. The summed E-state index contributed by atoms with van der Waals surface area (Å²) in [6, 6.07) is 12.8. The summed E-state index contributed by atoms with van der Waals surface area (Å²) in [7, 11) is 0. The van der Waals surface area contributed by atoms with Crippen LogP contribution in [0, 0.1) is 6.92 Å². The van der Waals surface area contributed by atoms with Crippen molar-refractivity contribution < 1.29 is 13.2 Å². The summed E-state index contributed by atoms with van der Waals surface area (Å²) in [6.45, 7) is 5.32. The normalized spacial score (nSPS) is 13.3. The first-order valence-electron chi connectivity index (χ1n) is 7.12. The van der Waals surface area contributed by atoms with Gasteiger partial charge in [0.2, 0.25) is 0 Å². The third-order valence-electron chi connectivity index (χ3n) is 3.42. The summed E-state index contributed by atoms with van der Waals surface area (Å²) in [4.78, 5) is 8.57. The molecule has 0 aliphatic heterocycles. The molecule has 2 rings (SSSR count). The molecular formula is C18H17F3N2. The average molecular weight is 318 g/mol. The van der Waals surface area contributed by atoms with Crippen molar-refractivity contribution in [1.82, 2.24) is 0 Å². The Kier molecular flexibility index (Phi) is 4.98. The van der Waals surface area contributed by atoms with Crippen LogP contribution in [0.3, 0.4) is 0 Å². The first-order chi connectivity index (χ1) is 10.8. The van der Waals surface area contributed by atoms with Crippen molar-refractivity contribution in [2.45, 2.75) is 26.9 Å². The summed E-state index contributed by atoms with van der Waals surface area (Å²) in [5.41, 5.74) is 1.96. The summed E-state index contributed by atoms with van der Waals surface area (Å²) >= 11 is 0. The van der Waals surface area contributed by atoms with Gasteiger partial charge in [0.25, 0.3) is 0 Å². The van der Waals surface area contributed by atoms with Gasteiger partial charge < -0.3 is 0 Å². The third-order valence-corrected chi connectivity index (χ3v) is 3.42. The fourth-order valence-electron chi connectivity index (χ4n) is 2.02. The van der Waals surface area contributed by atoms with Crippen molar-refractivity contribution in [2.75, 3.05) is 0 Å². The molecule has 0 spiro atoms. The number of hydrogen-bond acceptors (Lipinski definition) is 2. The van der Waals surface area contributed by atoms with Crippen LogP contribution in [0.5, 0.6) is 0 Å². The highest BCUT2D eigenvalue weighted by molar-refractivity contribution is 6.41. The Balaban J connectivity index is 2.39. The number of hydrogen-bond donors (Lipinski definition) is 0. The molecule has 0 amide bonds. The molecule has 0 atom stereocenters. The van der Waals surface area contributed by atoms with Crippen molar-refractivity contribution in [3.05, 3.63) is 59.7 Å². The summed E-state index contributed by atoms with van der Waals surface area (Å²) in [5, 5.41) is 0. The summed E-state index contributed by atoms with van der Waals surface area (Å²) in [5.74, 6) is 0. The van der Waals surface area contributed by atoms with Gasteiger partial charge in [-0.3, -0.25) is 9.98 Å². The fourth-order valence-corrected chi connectivity index (χ4v) is 2.02. The first kappa shape index (κ1) is 16.9. The highest BCUT2D eigenvalue weighted by Crippen LogP contribution is 2.36. The Morgan fingerprint density at radius 3 is 1.83 bits per heavy atom. The highest BCUT2D eigenvalue weighted by Gasteiger charge is 2.33. The van der Waals surface area contributed by atoms with Crippen LogP contribution in [-0.4, -0.2) is 11.4 Å². The average Bonchev–Trinajstić information content (AvgIpc) is 2.49. The van der Waals surface area contributed by atoms with Crippen molar-refractivity contribution in [3.63, 3.8) is 0 Å². The molecule has 0 N–H and O–H groups in total. The highest BCUT2D eigenvalue weighted by atomic mass is 19.4. The number of aliphatic imine (C=N–C) groups is 2. The van der Waals surface area contributed by atoms with E-state index >= 15 is 0 Å². The molecule has 0 aromatic heterocycles. The second-order valence-electron chi connectivity index (χ2n) is 5.20. The van der Waals surface area contributed by atoms with Gasteiger partial charge in [-0.25, -0.2) is 0 Å². The van der Waals surface area contributed by atoms with Crippen LogP contribution >= 0.6 is 0 Å². The van der Waals surface area contributed by atoms with Crippen LogP contribution in [-0.2, 0) is 6.18 Å². The van der Waals surface area contributed by atoms with E-state index in [1.54, 1.807) is 13.8 Å². The molecule has 0 radical (unpaired) electrons. The molecule has 0 fully saturated rings. The topological polar surface area (TPSA) is 24.7 Å². The molecule has 120 valence electrons. The van der Waals surface area contributed by atoms with Crippen molar-refractivity contribution in [3.8, 4) is 0 Å². The minimum absolute atomic E-state index is 0.100. The number of aryl methyl sites for hydroxylation is 1. The quantitative estimate of drug-likeness (QED) is 0.630. The molecule has 23 heavy (non-hydrogen) atoms. The lowest BCUT2D eigenvalue weighted by atomic mass is 10.1. The lowest BCUT2D eigenvalue weighted by molar-refractivity contribution is -0.137. The van der Waals surface area contributed by atoms with Crippen LogP contribution in [0.25, 0.3) is 0 Å². The number of benzene rings is 2. The molecule has 0 saturated carbocycles. The maximum atomic E-state index is 13.0. The van der Waals surface area contributed by atoms with Crippen LogP contribution in [0.1, 0.15) is 25.0 Å². The lowest BCUT2D eigenvalue weighted by Crippen LogP contribution is -2.08. The van der Waals surface area contributed by atoms with E-state index in [4.69, 9.17) is 0 Å². The zero-order valence-electron chi connectivity index (χ0n) is 13.1. The van der Waals surface area contributed by atoms with Gasteiger partial charge in [0.05, 0.1) is 28.4 Å². The molecular weight excluding hydrogens is 301 g/mol. The Morgan fingerprint density at radius 2 is 1.26 bits per heavy atom. The second kappa shape index (κ2) is 6.77. The maximum absolute atomic E-state index is 13.0. The smallest absolute Gasteiger partial charge is 0.252 e. The largest absolute Gasteiger partial charge is 0.418 e. The minimum Gasteiger partial charge on any atom is -0.252 e. The molecule has 0 bridgehead atoms. The van der Waals surface area contributed by atoms with Gasteiger partial charge in [-0.05, 0) is 44.5 Å². The zero-order chi connectivity index (χ0) is 17.0. The molecule has 2 aromatic rings. The van der Waals surface area contributed by atoms with Crippen molar-refractivity contribution >= 4 is 22.8 Å². The number of para-hydroxylation sites is 2. The molecule has 0 aliphatic carbocycles. The van der Waals surface area contributed by atoms with E-state index in [0.29, 0.717) is 11.4 Å². The third kappa shape index (κ3) is 4.28. The number of rotatable bonds is 3. The van der Waals surface area contributed by atoms with Gasteiger partial charge >= 0.3 is 6.18 Å². The Labute approximate surface area is 133 Å². The molecule has 0 aliphatic rings. The monoisotopic (exact) mass is 318 g/mol. The molecule has 2 aromatic carbocycles. The molecule has 0 unspecified atom stereocenters. The maximum Gasteiger partial charge on any atom is 0.418 e. The number of alkyl halides is 3.